The standard InChI is InChI=1S/C14H14Cl2N2O2S/c1-9-13(16)6-12(7-14(9)17)21(19,20)18-8-10-2-4-11(15)5-3-10/h2-7,18H,8,17H2,1H3. The molecule has 112 valence electrons. The molecule has 0 atom stereocenters. The smallest absolute Gasteiger partial charge is 0.240 e. The number of rotatable bonds is 4. The largest absolute Gasteiger partial charge is 0.398 e. The number of nitrogens with two attached hydrogens (primary N) is 1. The fraction of sp³-hybridized carbons (Fsp3) is 0.143. The lowest BCUT2D eigenvalue weighted by Crippen LogP contribution is -2.23. The van der Waals surface area contributed by atoms with Gasteiger partial charge in [-0.3, -0.25) is 0 Å². The van der Waals surface area contributed by atoms with Crippen molar-refractivity contribution in [3.63, 3.8) is 0 Å². The predicted molar refractivity (Wildman–Crippen MR) is 86.1 cm³/mol. The third-order valence-corrected chi connectivity index (χ3v) is 5.07. The second-order valence-electron chi connectivity index (χ2n) is 4.57. The zero-order chi connectivity index (χ0) is 15.6. The summed E-state index contributed by atoms with van der Waals surface area (Å²) in [7, 11) is -3.68. The van der Waals surface area contributed by atoms with E-state index in [4.69, 9.17) is 28.9 Å². The van der Waals surface area contributed by atoms with Crippen LogP contribution in [0.5, 0.6) is 0 Å². The van der Waals surface area contributed by atoms with Crippen LogP contribution in [0, 0.1) is 6.92 Å². The van der Waals surface area contributed by atoms with Crippen LogP contribution in [0.4, 0.5) is 5.69 Å². The Bertz CT molecular complexity index is 736. The van der Waals surface area contributed by atoms with Gasteiger partial charge in [0.25, 0.3) is 0 Å². The van der Waals surface area contributed by atoms with Gasteiger partial charge in [0.05, 0.1) is 4.90 Å². The minimum Gasteiger partial charge on any atom is -0.398 e. The first-order chi connectivity index (χ1) is 9.79. The van der Waals surface area contributed by atoms with E-state index in [-0.39, 0.29) is 11.4 Å². The molecule has 2 rings (SSSR count). The number of benzene rings is 2. The van der Waals surface area contributed by atoms with Crippen LogP contribution in [0.25, 0.3) is 0 Å². The Morgan fingerprint density at radius 1 is 1.14 bits per heavy atom. The highest BCUT2D eigenvalue weighted by Gasteiger charge is 2.16. The number of hydrogen-bond acceptors (Lipinski definition) is 3. The van der Waals surface area contributed by atoms with Gasteiger partial charge in [-0.25, -0.2) is 13.1 Å². The summed E-state index contributed by atoms with van der Waals surface area (Å²) in [6, 6.07) is 9.68. The van der Waals surface area contributed by atoms with E-state index in [1.807, 2.05) is 0 Å². The summed E-state index contributed by atoms with van der Waals surface area (Å²) in [5.41, 5.74) is 7.55. The Balaban J connectivity index is 2.20. The number of nitrogen functional groups attached to an aromatic ring is 1. The Morgan fingerprint density at radius 3 is 2.33 bits per heavy atom. The normalized spacial score (nSPS) is 11.6. The maximum Gasteiger partial charge on any atom is 0.240 e. The molecular weight excluding hydrogens is 331 g/mol. The second-order valence-corrected chi connectivity index (χ2v) is 7.18. The third kappa shape index (κ3) is 3.89. The average Bonchev–Trinajstić information content (AvgIpc) is 2.43. The summed E-state index contributed by atoms with van der Waals surface area (Å²) in [5, 5.41) is 0.918. The van der Waals surface area contributed by atoms with Gasteiger partial charge in [0, 0.05) is 22.3 Å². The first kappa shape index (κ1) is 16.1. The zero-order valence-corrected chi connectivity index (χ0v) is 13.6. The minimum atomic E-state index is -3.68. The summed E-state index contributed by atoms with van der Waals surface area (Å²) >= 11 is 11.8. The molecule has 0 fully saturated rings. The van der Waals surface area contributed by atoms with Crippen molar-refractivity contribution in [1.82, 2.24) is 4.72 Å². The molecule has 0 unspecified atom stereocenters. The summed E-state index contributed by atoms with van der Waals surface area (Å²) in [6.07, 6.45) is 0. The summed E-state index contributed by atoms with van der Waals surface area (Å²) in [4.78, 5) is 0.0459. The van der Waals surface area contributed by atoms with Crippen molar-refractivity contribution >= 4 is 38.9 Å². The Labute approximate surface area is 133 Å². The molecule has 21 heavy (non-hydrogen) atoms. The van der Waals surface area contributed by atoms with Crippen LogP contribution in [0.1, 0.15) is 11.1 Å². The lowest BCUT2D eigenvalue weighted by molar-refractivity contribution is 0.581. The molecular formula is C14H14Cl2N2O2S. The van der Waals surface area contributed by atoms with E-state index in [1.165, 1.54) is 12.1 Å². The number of nitrogens with one attached hydrogen (secondary N) is 1. The van der Waals surface area contributed by atoms with Gasteiger partial charge < -0.3 is 5.73 Å². The highest BCUT2D eigenvalue weighted by atomic mass is 35.5. The number of halogens is 2. The van der Waals surface area contributed by atoms with Gasteiger partial charge in [0.1, 0.15) is 0 Å². The fourth-order valence-corrected chi connectivity index (χ4v) is 3.19. The van der Waals surface area contributed by atoms with E-state index >= 15 is 0 Å². The molecule has 0 aliphatic carbocycles. The Morgan fingerprint density at radius 2 is 1.76 bits per heavy atom. The van der Waals surface area contributed by atoms with E-state index in [9.17, 15) is 8.42 Å². The Kier molecular flexibility index (Phi) is 4.78. The van der Waals surface area contributed by atoms with Gasteiger partial charge in [-0.1, -0.05) is 35.3 Å². The van der Waals surface area contributed by atoms with Crippen molar-refractivity contribution in [3.8, 4) is 0 Å². The number of anilines is 1. The minimum absolute atomic E-state index is 0.0459. The van der Waals surface area contributed by atoms with Gasteiger partial charge >= 0.3 is 0 Å². The molecule has 0 radical (unpaired) electrons. The quantitative estimate of drug-likeness (QED) is 0.835. The molecule has 0 aliphatic heterocycles. The SMILES string of the molecule is Cc1c(N)cc(S(=O)(=O)NCc2ccc(Cl)cc2)cc1Cl. The molecule has 0 saturated heterocycles. The molecule has 0 amide bonds. The van der Waals surface area contributed by atoms with E-state index in [0.29, 0.717) is 21.3 Å². The van der Waals surface area contributed by atoms with Crippen LogP contribution >= 0.6 is 23.2 Å². The lowest BCUT2D eigenvalue weighted by atomic mass is 10.2. The van der Waals surface area contributed by atoms with Gasteiger partial charge in [-0.2, -0.15) is 0 Å². The summed E-state index contributed by atoms with van der Waals surface area (Å²) < 4.78 is 27.0. The van der Waals surface area contributed by atoms with Crippen LogP contribution in [-0.2, 0) is 16.6 Å². The molecule has 3 N–H and O–H groups in total. The van der Waals surface area contributed by atoms with Crippen molar-refractivity contribution in [2.75, 3.05) is 5.73 Å². The second kappa shape index (κ2) is 6.23. The number of sulfonamides is 1. The first-order valence-electron chi connectivity index (χ1n) is 6.09. The average molecular weight is 345 g/mol. The highest BCUT2D eigenvalue weighted by Crippen LogP contribution is 2.26. The predicted octanol–water partition coefficient (Wildman–Crippen LogP) is 3.36. The maximum absolute atomic E-state index is 12.2. The monoisotopic (exact) mass is 344 g/mol. The van der Waals surface area contributed by atoms with Crippen molar-refractivity contribution in [2.24, 2.45) is 0 Å². The molecule has 0 bridgehead atoms. The van der Waals surface area contributed by atoms with E-state index in [1.54, 1.807) is 31.2 Å². The van der Waals surface area contributed by atoms with Gasteiger partial charge in [-0.15, -0.1) is 0 Å². The van der Waals surface area contributed by atoms with Crippen LogP contribution < -0.4 is 10.5 Å². The summed E-state index contributed by atoms with van der Waals surface area (Å²) in [5.74, 6) is 0. The molecule has 0 aromatic heterocycles. The van der Waals surface area contributed by atoms with Crippen molar-refractivity contribution in [1.29, 1.82) is 0 Å². The Hall–Kier alpha value is -1.27. The molecule has 7 heteroatoms. The van der Waals surface area contributed by atoms with Crippen LogP contribution in [0.15, 0.2) is 41.3 Å². The first-order valence-corrected chi connectivity index (χ1v) is 8.33. The van der Waals surface area contributed by atoms with Crippen molar-refractivity contribution < 1.29 is 8.42 Å². The molecule has 0 heterocycles. The van der Waals surface area contributed by atoms with Crippen LogP contribution in [-0.4, -0.2) is 8.42 Å². The molecule has 2 aromatic rings. The van der Waals surface area contributed by atoms with Crippen molar-refractivity contribution in [2.45, 2.75) is 18.4 Å². The van der Waals surface area contributed by atoms with E-state index in [2.05, 4.69) is 4.72 Å². The lowest BCUT2D eigenvalue weighted by Gasteiger charge is -2.10. The van der Waals surface area contributed by atoms with Crippen LogP contribution in [0.2, 0.25) is 10.0 Å². The van der Waals surface area contributed by atoms with E-state index in [0.717, 1.165) is 5.56 Å². The fourth-order valence-electron chi connectivity index (χ4n) is 1.69. The highest BCUT2D eigenvalue weighted by molar-refractivity contribution is 7.89. The maximum atomic E-state index is 12.2. The summed E-state index contributed by atoms with van der Waals surface area (Å²) in [6.45, 7) is 1.89. The third-order valence-electron chi connectivity index (χ3n) is 3.05. The zero-order valence-electron chi connectivity index (χ0n) is 11.2. The van der Waals surface area contributed by atoms with Crippen molar-refractivity contribution in [3.05, 3.63) is 57.6 Å². The van der Waals surface area contributed by atoms with E-state index < -0.39 is 10.0 Å². The molecule has 0 spiro atoms. The molecule has 0 aliphatic rings. The van der Waals surface area contributed by atoms with Crippen LogP contribution in [0.3, 0.4) is 0 Å². The molecule has 2 aromatic carbocycles. The molecule has 0 saturated carbocycles. The van der Waals surface area contributed by atoms with Gasteiger partial charge in [-0.05, 0) is 42.3 Å². The number of hydrogen-bond donors (Lipinski definition) is 2. The van der Waals surface area contributed by atoms with Gasteiger partial charge in [0.2, 0.25) is 10.0 Å². The van der Waals surface area contributed by atoms with Gasteiger partial charge in [0.15, 0.2) is 0 Å². The topological polar surface area (TPSA) is 72.2 Å². The molecule has 4 nitrogen and oxygen atoms in total.